The van der Waals surface area contributed by atoms with Crippen molar-refractivity contribution in [1.82, 2.24) is 4.98 Å². The zero-order valence-electron chi connectivity index (χ0n) is 12.2. The van der Waals surface area contributed by atoms with Crippen molar-refractivity contribution >= 4 is 17.6 Å². The summed E-state index contributed by atoms with van der Waals surface area (Å²) in [6, 6.07) is 10.2. The first kappa shape index (κ1) is 14.7. The standard InChI is InChI=1S/C16H16N2O3/c1-11-10-12(8-9-17-11)15(19)18(2)14-7-5-4-6-13(14)16(20)21-3/h4-10H,1-3H3. The minimum atomic E-state index is -0.476. The molecule has 21 heavy (non-hydrogen) atoms. The van der Waals surface area contributed by atoms with Crippen LogP contribution in [0.25, 0.3) is 0 Å². The number of methoxy groups -OCH3 is 1. The number of ether oxygens (including phenoxy) is 1. The molecule has 0 fully saturated rings. The Kier molecular flexibility index (Phi) is 4.33. The molecule has 2 aromatic rings. The minimum Gasteiger partial charge on any atom is -0.465 e. The van der Waals surface area contributed by atoms with Gasteiger partial charge in [0.1, 0.15) is 0 Å². The van der Waals surface area contributed by atoms with Gasteiger partial charge in [0, 0.05) is 24.5 Å². The molecule has 0 spiro atoms. The first-order valence-corrected chi connectivity index (χ1v) is 6.42. The van der Waals surface area contributed by atoms with E-state index in [0.29, 0.717) is 16.8 Å². The van der Waals surface area contributed by atoms with Crippen LogP contribution in [-0.4, -0.2) is 31.0 Å². The van der Waals surface area contributed by atoms with Gasteiger partial charge in [0.05, 0.1) is 18.4 Å². The highest BCUT2D eigenvalue weighted by Gasteiger charge is 2.19. The van der Waals surface area contributed by atoms with Crippen molar-refractivity contribution < 1.29 is 14.3 Å². The van der Waals surface area contributed by atoms with Gasteiger partial charge in [-0.3, -0.25) is 9.78 Å². The van der Waals surface area contributed by atoms with Crippen LogP contribution in [0.3, 0.4) is 0 Å². The number of esters is 1. The molecule has 0 unspecified atom stereocenters. The molecule has 5 heteroatoms. The van der Waals surface area contributed by atoms with E-state index in [0.717, 1.165) is 5.69 Å². The van der Waals surface area contributed by atoms with Crippen LogP contribution in [-0.2, 0) is 4.74 Å². The van der Waals surface area contributed by atoms with Gasteiger partial charge in [-0.15, -0.1) is 0 Å². The number of hydrogen-bond acceptors (Lipinski definition) is 4. The molecule has 0 aliphatic carbocycles. The van der Waals surface area contributed by atoms with Gasteiger partial charge in [-0.05, 0) is 31.2 Å². The number of anilines is 1. The van der Waals surface area contributed by atoms with Crippen molar-refractivity contribution in [3.05, 3.63) is 59.4 Å². The molecular formula is C16H16N2O3. The van der Waals surface area contributed by atoms with Crippen LogP contribution in [0, 0.1) is 6.92 Å². The summed E-state index contributed by atoms with van der Waals surface area (Å²) in [5, 5.41) is 0. The second-order valence-corrected chi connectivity index (χ2v) is 4.56. The summed E-state index contributed by atoms with van der Waals surface area (Å²) >= 11 is 0. The SMILES string of the molecule is COC(=O)c1ccccc1N(C)C(=O)c1ccnc(C)c1. The fourth-order valence-electron chi connectivity index (χ4n) is 2.03. The Bertz CT molecular complexity index is 683. The van der Waals surface area contributed by atoms with E-state index < -0.39 is 5.97 Å². The van der Waals surface area contributed by atoms with Crippen molar-refractivity contribution in [1.29, 1.82) is 0 Å². The van der Waals surface area contributed by atoms with Crippen LogP contribution < -0.4 is 4.90 Å². The fraction of sp³-hybridized carbons (Fsp3) is 0.188. The highest BCUT2D eigenvalue weighted by atomic mass is 16.5. The molecular weight excluding hydrogens is 268 g/mol. The number of rotatable bonds is 3. The third kappa shape index (κ3) is 3.08. The maximum Gasteiger partial charge on any atom is 0.339 e. The van der Waals surface area contributed by atoms with Gasteiger partial charge in [-0.25, -0.2) is 4.79 Å². The number of aryl methyl sites for hydroxylation is 1. The summed E-state index contributed by atoms with van der Waals surface area (Å²) in [5.41, 5.74) is 2.13. The highest BCUT2D eigenvalue weighted by Crippen LogP contribution is 2.21. The summed E-state index contributed by atoms with van der Waals surface area (Å²) in [6.45, 7) is 1.82. The Morgan fingerprint density at radius 1 is 1.19 bits per heavy atom. The van der Waals surface area contributed by atoms with Gasteiger partial charge in [-0.2, -0.15) is 0 Å². The van der Waals surface area contributed by atoms with Crippen molar-refractivity contribution in [3.63, 3.8) is 0 Å². The summed E-state index contributed by atoms with van der Waals surface area (Å²) in [4.78, 5) is 29.8. The molecule has 0 saturated carbocycles. The molecule has 0 aliphatic rings. The molecule has 1 amide bonds. The van der Waals surface area contributed by atoms with Crippen LogP contribution >= 0.6 is 0 Å². The Morgan fingerprint density at radius 3 is 2.57 bits per heavy atom. The van der Waals surface area contributed by atoms with Crippen molar-refractivity contribution in [2.75, 3.05) is 19.1 Å². The van der Waals surface area contributed by atoms with Gasteiger partial charge >= 0.3 is 5.97 Å². The zero-order valence-corrected chi connectivity index (χ0v) is 12.2. The number of nitrogens with zero attached hydrogens (tertiary/aromatic N) is 2. The molecule has 2 rings (SSSR count). The Morgan fingerprint density at radius 2 is 1.90 bits per heavy atom. The average molecular weight is 284 g/mol. The summed E-state index contributed by atoms with van der Waals surface area (Å²) in [5.74, 6) is -0.687. The quantitative estimate of drug-likeness (QED) is 0.812. The van der Waals surface area contributed by atoms with E-state index in [1.165, 1.54) is 12.0 Å². The second-order valence-electron chi connectivity index (χ2n) is 4.56. The lowest BCUT2D eigenvalue weighted by Gasteiger charge is -2.20. The van der Waals surface area contributed by atoms with Crippen LogP contribution in [0.15, 0.2) is 42.6 Å². The molecule has 108 valence electrons. The molecule has 0 aliphatic heterocycles. The molecule has 1 heterocycles. The van der Waals surface area contributed by atoms with Gasteiger partial charge in [0.2, 0.25) is 0 Å². The molecule has 0 atom stereocenters. The van der Waals surface area contributed by atoms with Crippen molar-refractivity contribution in [3.8, 4) is 0 Å². The van der Waals surface area contributed by atoms with E-state index in [9.17, 15) is 9.59 Å². The van der Waals surface area contributed by atoms with Crippen molar-refractivity contribution in [2.24, 2.45) is 0 Å². The Balaban J connectivity index is 2.38. The van der Waals surface area contributed by atoms with E-state index in [-0.39, 0.29) is 5.91 Å². The molecule has 1 aromatic carbocycles. The van der Waals surface area contributed by atoms with E-state index in [4.69, 9.17) is 4.74 Å². The Labute approximate surface area is 123 Å². The van der Waals surface area contributed by atoms with E-state index in [1.54, 1.807) is 49.6 Å². The first-order valence-electron chi connectivity index (χ1n) is 6.42. The molecule has 1 aromatic heterocycles. The molecule has 0 radical (unpaired) electrons. The third-order valence-electron chi connectivity index (χ3n) is 3.12. The number of benzene rings is 1. The van der Waals surface area contributed by atoms with Crippen LogP contribution in [0.4, 0.5) is 5.69 Å². The van der Waals surface area contributed by atoms with Crippen LogP contribution in [0.1, 0.15) is 26.4 Å². The lowest BCUT2D eigenvalue weighted by atomic mass is 10.1. The number of carbonyl (C=O) groups is 2. The van der Waals surface area contributed by atoms with E-state index >= 15 is 0 Å². The predicted octanol–water partition coefficient (Wildman–Crippen LogP) is 2.45. The van der Waals surface area contributed by atoms with E-state index in [2.05, 4.69) is 4.98 Å². The van der Waals surface area contributed by atoms with Crippen LogP contribution in [0.2, 0.25) is 0 Å². The first-order chi connectivity index (χ1) is 10.0. The second kappa shape index (κ2) is 6.17. The topological polar surface area (TPSA) is 59.5 Å². The van der Waals surface area contributed by atoms with Gasteiger partial charge in [-0.1, -0.05) is 12.1 Å². The normalized spacial score (nSPS) is 10.0. The highest BCUT2D eigenvalue weighted by molar-refractivity contribution is 6.09. The van der Waals surface area contributed by atoms with E-state index in [1.807, 2.05) is 6.92 Å². The lowest BCUT2D eigenvalue weighted by Crippen LogP contribution is -2.28. The molecule has 0 N–H and O–H groups in total. The van der Waals surface area contributed by atoms with Crippen LogP contribution in [0.5, 0.6) is 0 Å². The third-order valence-corrected chi connectivity index (χ3v) is 3.12. The number of hydrogen-bond donors (Lipinski definition) is 0. The monoisotopic (exact) mass is 284 g/mol. The summed E-state index contributed by atoms with van der Waals surface area (Å²) in [7, 11) is 2.94. The fourth-order valence-corrected chi connectivity index (χ4v) is 2.03. The maximum atomic E-state index is 12.5. The smallest absolute Gasteiger partial charge is 0.339 e. The summed E-state index contributed by atoms with van der Waals surface area (Å²) in [6.07, 6.45) is 1.59. The van der Waals surface area contributed by atoms with Gasteiger partial charge < -0.3 is 9.64 Å². The number of amides is 1. The molecule has 0 saturated heterocycles. The largest absolute Gasteiger partial charge is 0.465 e. The average Bonchev–Trinajstić information content (AvgIpc) is 2.52. The Hall–Kier alpha value is -2.69. The number of pyridine rings is 1. The minimum absolute atomic E-state index is 0.211. The number of aromatic nitrogens is 1. The van der Waals surface area contributed by atoms with Gasteiger partial charge in [0.25, 0.3) is 5.91 Å². The lowest BCUT2D eigenvalue weighted by molar-refractivity contribution is 0.0601. The molecule has 0 bridgehead atoms. The van der Waals surface area contributed by atoms with Gasteiger partial charge in [0.15, 0.2) is 0 Å². The molecule has 5 nitrogen and oxygen atoms in total. The number of carbonyl (C=O) groups excluding carboxylic acids is 2. The maximum absolute atomic E-state index is 12.5. The predicted molar refractivity (Wildman–Crippen MR) is 79.5 cm³/mol. The summed E-state index contributed by atoms with van der Waals surface area (Å²) < 4.78 is 4.74. The number of para-hydroxylation sites is 1. The van der Waals surface area contributed by atoms with Crippen molar-refractivity contribution in [2.45, 2.75) is 6.92 Å². The zero-order chi connectivity index (χ0) is 15.4.